The second kappa shape index (κ2) is 5.29. The number of hydrogen-bond acceptors (Lipinski definition) is 3. The summed E-state index contributed by atoms with van der Waals surface area (Å²) in [5.74, 6) is 0. The van der Waals surface area contributed by atoms with E-state index >= 15 is 0 Å². The van der Waals surface area contributed by atoms with Crippen LogP contribution in [0.2, 0.25) is 0 Å². The second-order valence-corrected chi connectivity index (χ2v) is 5.45. The van der Waals surface area contributed by atoms with E-state index in [-0.39, 0.29) is 6.04 Å². The number of para-hydroxylation sites is 1. The first-order valence-corrected chi connectivity index (χ1v) is 6.05. The molecule has 4 nitrogen and oxygen atoms in total. The molecule has 0 radical (unpaired) electrons. The third kappa shape index (κ3) is 3.95. The Balaban J connectivity index is 2.74. The lowest BCUT2D eigenvalue weighted by Crippen LogP contribution is -2.34. The smallest absolute Gasteiger partial charge is 0.408 e. The molecule has 3 N–H and O–H groups in total. The van der Waals surface area contributed by atoms with E-state index in [1.807, 2.05) is 52.8 Å². The van der Waals surface area contributed by atoms with Gasteiger partial charge < -0.3 is 15.8 Å². The van der Waals surface area contributed by atoms with Gasteiger partial charge in [0.15, 0.2) is 0 Å². The summed E-state index contributed by atoms with van der Waals surface area (Å²) >= 11 is 0. The molecule has 0 fully saturated rings. The molecule has 18 heavy (non-hydrogen) atoms. The highest BCUT2D eigenvalue weighted by Gasteiger charge is 2.19. The Morgan fingerprint density at radius 2 is 2.00 bits per heavy atom. The molecule has 0 unspecified atom stereocenters. The normalized spacial score (nSPS) is 12.9. The number of benzene rings is 1. The molecule has 0 saturated carbocycles. The zero-order valence-electron chi connectivity index (χ0n) is 11.7. The molecule has 1 atom stereocenters. The van der Waals surface area contributed by atoms with Gasteiger partial charge in [-0.05, 0) is 45.7 Å². The molecular weight excluding hydrogens is 228 g/mol. The highest BCUT2D eigenvalue weighted by Crippen LogP contribution is 2.23. The quantitative estimate of drug-likeness (QED) is 0.792. The van der Waals surface area contributed by atoms with E-state index in [2.05, 4.69) is 5.32 Å². The summed E-state index contributed by atoms with van der Waals surface area (Å²) in [6.45, 7) is 9.32. The van der Waals surface area contributed by atoms with E-state index in [0.29, 0.717) is 5.69 Å². The lowest BCUT2D eigenvalue weighted by atomic mass is 10.0. The zero-order chi connectivity index (χ0) is 13.9. The summed E-state index contributed by atoms with van der Waals surface area (Å²) in [6, 6.07) is 5.59. The van der Waals surface area contributed by atoms with Crippen molar-refractivity contribution in [1.29, 1.82) is 0 Å². The van der Waals surface area contributed by atoms with Crippen molar-refractivity contribution >= 4 is 11.8 Å². The molecule has 1 aromatic rings. The lowest BCUT2D eigenvalue weighted by Gasteiger charge is -2.23. The fourth-order valence-electron chi connectivity index (χ4n) is 1.64. The van der Waals surface area contributed by atoms with Crippen molar-refractivity contribution in [2.75, 3.05) is 5.73 Å². The van der Waals surface area contributed by atoms with Gasteiger partial charge in [-0.1, -0.05) is 18.2 Å². The van der Waals surface area contributed by atoms with E-state index in [4.69, 9.17) is 10.5 Å². The van der Waals surface area contributed by atoms with Crippen LogP contribution < -0.4 is 11.1 Å². The number of hydrogen-bond donors (Lipinski definition) is 2. The molecule has 0 bridgehead atoms. The van der Waals surface area contributed by atoms with Crippen molar-refractivity contribution in [3.8, 4) is 0 Å². The number of nitrogens with one attached hydrogen (secondary N) is 1. The van der Waals surface area contributed by atoms with Crippen molar-refractivity contribution < 1.29 is 9.53 Å². The fourth-order valence-corrected chi connectivity index (χ4v) is 1.64. The summed E-state index contributed by atoms with van der Waals surface area (Å²) in [4.78, 5) is 11.7. The number of anilines is 1. The highest BCUT2D eigenvalue weighted by atomic mass is 16.6. The Kier molecular flexibility index (Phi) is 4.22. The molecule has 1 amide bonds. The molecule has 0 saturated heterocycles. The van der Waals surface area contributed by atoms with E-state index < -0.39 is 11.7 Å². The van der Waals surface area contributed by atoms with Gasteiger partial charge in [-0.15, -0.1) is 0 Å². The van der Waals surface area contributed by atoms with Crippen molar-refractivity contribution in [3.63, 3.8) is 0 Å². The first-order valence-electron chi connectivity index (χ1n) is 6.05. The molecule has 1 aromatic carbocycles. The molecule has 4 heteroatoms. The van der Waals surface area contributed by atoms with Gasteiger partial charge in [0.1, 0.15) is 5.60 Å². The van der Waals surface area contributed by atoms with Crippen LogP contribution in [0.15, 0.2) is 18.2 Å². The fraction of sp³-hybridized carbons (Fsp3) is 0.500. The van der Waals surface area contributed by atoms with Gasteiger partial charge in [0.25, 0.3) is 0 Å². The van der Waals surface area contributed by atoms with Crippen molar-refractivity contribution in [3.05, 3.63) is 29.3 Å². The molecule has 0 spiro atoms. The molecule has 0 aromatic heterocycles. The third-order valence-electron chi connectivity index (χ3n) is 2.56. The maximum absolute atomic E-state index is 11.7. The number of carbonyl (C=O) groups is 1. The van der Waals surface area contributed by atoms with Gasteiger partial charge in [-0.25, -0.2) is 4.79 Å². The van der Waals surface area contributed by atoms with Gasteiger partial charge in [-0.3, -0.25) is 0 Å². The Hall–Kier alpha value is -1.71. The number of ether oxygens (including phenoxy) is 1. The SMILES string of the molecule is Cc1cccc([C@@H](C)NC(=O)OC(C)(C)C)c1N. The average molecular weight is 250 g/mol. The molecule has 0 heterocycles. The van der Waals surface area contributed by atoms with Crippen LogP contribution in [0.5, 0.6) is 0 Å². The number of alkyl carbamates (subject to hydrolysis) is 1. The number of rotatable bonds is 2. The van der Waals surface area contributed by atoms with Gasteiger partial charge in [0.2, 0.25) is 0 Å². The number of nitrogen functional groups attached to an aromatic ring is 1. The second-order valence-electron chi connectivity index (χ2n) is 5.45. The van der Waals surface area contributed by atoms with Crippen molar-refractivity contribution in [2.45, 2.75) is 46.3 Å². The van der Waals surface area contributed by atoms with Gasteiger partial charge in [-0.2, -0.15) is 0 Å². The molecule has 100 valence electrons. The number of carbonyl (C=O) groups excluding carboxylic acids is 1. The van der Waals surface area contributed by atoms with Gasteiger partial charge in [0, 0.05) is 5.69 Å². The summed E-state index contributed by atoms with van der Waals surface area (Å²) in [5, 5.41) is 2.78. The minimum Gasteiger partial charge on any atom is -0.444 e. The van der Waals surface area contributed by atoms with Crippen LogP contribution in [-0.4, -0.2) is 11.7 Å². The molecule has 0 aliphatic carbocycles. The molecule has 0 aliphatic rings. The maximum atomic E-state index is 11.7. The first-order chi connectivity index (χ1) is 8.20. The number of aryl methyl sites for hydroxylation is 1. The standard InChI is InChI=1S/C14H22N2O2/c1-9-7-6-8-11(12(9)15)10(2)16-13(17)18-14(3,4)5/h6-8,10H,15H2,1-5H3,(H,16,17)/t10-/m1/s1. The van der Waals surface area contributed by atoms with Crippen LogP contribution in [0.4, 0.5) is 10.5 Å². The molecule has 1 rings (SSSR count). The Bertz CT molecular complexity index is 436. The largest absolute Gasteiger partial charge is 0.444 e. The first kappa shape index (κ1) is 14.4. The van der Waals surface area contributed by atoms with Gasteiger partial charge in [0.05, 0.1) is 6.04 Å². The number of nitrogens with two attached hydrogens (primary N) is 1. The minimum absolute atomic E-state index is 0.181. The molecule has 0 aliphatic heterocycles. The average Bonchev–Trinajstić information content (AvgIpc) is 2.18. The predicted molar refractivity (Wildman–Crippen MR) is 73.4 cm³/mol. The van der Waals surface area contributed by atoms with Crippen LogP contribution in [0.3, 0.4) is 0 Å². The van der Waals surface area contributed by atoms with E-state index in [9.17, 15) is 4.79 Å². The minimum atomic E-state index is -0.498. The number of amides is 1. The summed E-state index contributed by atoms with van der Waals surface area (Å²) < 4.78 is 5.21. The molecular formula is C14H22N2O2. The predicted octanol–water partition coefficient (Wildman–Crippen LogP) is 3.16. The monoisotopic (exact) mass is 250 g/mol. The van der Waals surface area contributed by atoms with Crippen LogP contribution in [0.25, 0.3) is 0 Å². The Labute approximate surface area is 109 Å². The Morgan fingerprint density at radius 3 is 2.56 bits per heavy atom. The van der Waals surface area contributed by atoms with E-state index in [0.717, 1.165) is 11.1 Å². The summed E-state index contributed by atoms with van der Waals surface area (Å²) in [7, 11) is 0. The lowest BCUT2D eigenvalue weighted by molar-refractivity contribution is 0.0508. The van der Waals surface area contributed by atoms with Crippen molar-refractivity contribution in [2.24, 2.45) is 0 Å². The van der Waals surface area contributed by atoms with Gasteiger partial charge >= 0.3 is 6.09 Å². The topological polar surface area (TPSA) is 64.3 Å². The summed E-state index contributed by atoms with van der Waals surface area (Å²) in [5.41, 5.74) is 8.11. The zero-order valence-corrected chi connectivity index (χ0v) is 11.7. The maximum Gasteiger partial charge on any atom is 0.408 e. The highest BCUT2D eigenvalue weighted by molar-refractivity contribution is 5.69. The van der Waals surface area contributed by atoms with Crippen molar-refractivity contribution in [1.82, 2.24) is 5.32 Å². The van der Waals surface area contributed by atoms with Crippen LogP contribution in [0, 0.1) is 6.92 Å². The Morgan fingerprint density at radius 1 is 1.39 bits per heavy atom. The van der Waals surface area contributed by atoms with E-state index in [1.54, 1.807) is 0 Å². The third-order valence-corrected chi connectivity index (χ3v) is 2.56. The van der Waals surface area contributed by atoms with E-state index in [1.165, 1.54) is 0 Å². The van der Waals surface area contributed by atoms with Crippen LogP contribution >= 0.6 is 0 Å². The van der Waals surface area contributed by atoms with Crippen LogP contribution in [0.1, 0.15) is 44.9 Å². The summed E-state index contributed by atoms with van der Waals surface area (Å²) in [6.07, 6.45) is -0.434. The van der Waals surface area contributed by atoms with Crippen LogP contribution in [-0.2, 0) is 4.74 Å².